The number of carbonyl (C=O) groups is 1. The molecular formula is C14H24N4O3S. The van der Waals surface area contributed by atoms with Crippen LogP contribution in [-0.2, 0) is 21.2 Å². The number of amides is 1. The van der Waals surface area contributed by atoms with E-state index in [0.717, 1.165) is 6.54 Å². The molecule has 2 rings (SSSR count). The van der Waals surface area contributed by atoms with Gasteiger partial charge >= 0.3 is 0 Å². The molecule has 22 heavy (non-hydrogen) atoms. The van der Waals surface area contributed by atoms with Crippen molar-refractivity contribution in [1.29, 1.82) is 0 Å². The number of anilines is 1. The van der Waals surface area contributed by atoms with Gasteiger partial charge in [-0.2, -0.15) is 0 Å². The maximum Gasteiger partial charge on any atom is 0.228 e. The Bertz CT molecular complexity index is 624. The maximum absolute atomic E-state index is 12.2. The quantitative estimate of drug-likeness (QED) is 0.855. The SMILES string of the molecule is CC(C)Cn1ccnc1NC(=O)CC1CS(=O)(=O)CCN1C. The van der Waals surface area contributed by atoms with Crippen molar-refractivity contribution in [2.45, 2.75) is 32.9 Å². The van der Waals surface area contributed by atoms with Gasteiger partial charge in [-0.05, 0) is 13.0 Å². The molecule has 1 unspecified atom stereocenters. The molecule has 1 saturated heterocycles. The summed E-state index contributed by atoms with van der Waals surface area (Å²) in [5.41, 5.74) is 0. The molecule has 0 aromatic carbocycles. The fourth-order valence-corrected chi connectivity index (χ4v) is 4.24. The van der Waals surface area contributed by atoms with Crippen LogP contribution in [0.3, 0.4) is 0 Å². The third kappa shape index (κ3) is 4.54. The van der Waals surface area contributed by atoms with E-state index in [4.69, 9.17) is 0 Å². The van der Waals surface area contributed by atoms with Crippen molar-refractivity contribution in [1.82, 2.24) is 14.5 Å². The summed E-state index contributed by atoms with van der Waals surface area (Å²) in [6.45, 7) is 5.43. The molecule has 1 aromatic heterocycles. The van der Waals surface area contributed by atoms with Gasteiger partial charge in [-0.1, -0.05) is 13.8 Å². The van der Waals surface area contributed by atoms with Gasteiger partial charge in [-0.3, -0.25) is 10.1 Å². The first kappa shape index (κ1) is 17.0. The molecule has 0 radical (unpaired) electrons. The predicted molar refractivity (Wildman–Crippen MR) is 85.4 cm³/mol. The van der Waals surface area contributed by atoms with Crippen molar-refractivity contribution in [3.63, 3.8) is 0 Å². The number of aromatic nitrogens is 2. The molecule has 2 heterocycles. The van der Waals surface area contributed by atoms with Crippen LogP contribution in [0, 0.1) is 5.92 Å². The van der Waals surface area contributed by atoms with E-state index in [2.05, 4.69) is 24.1 Å². The lowest BCUT2D eigenvalue weighted by atomic mass is 10.2. The minimum Gasteiger partial charge on any atom is -0.317 e. The summed E-state index contributed by atoms with van der Waals surface area (Å²) in [5, 5.41) is 2.78. The van der Waals surface area contributed by atoms with Crippen molar-refractivity contribution in [3.05, 3.63) is 12.4 Å². The highest BCUT2D eigenvalue weighted by atomic mass is 32.2. The average molecular weight is 328 g/mol. The number of imidazole rings is 1. The second kappa shape index (κ2) is 6.78. The zero-order valence-corrected chi connectivity index (χ0v) is 14.1. The van der Waals surface area contributed by atoms with E-state index in [1.807, 2.05) is 22.7 Å². The van der Waals surface area contributed by atoms with Gasteiger partial charge in [-0.25, -0.2) is 13.4 Å². The van der Waals surface area contributed by atoms with Gasteiger partial charge in [0, 0.05) is 37.9 Å². The minimum atomic E-state index is -3.04. The number of nitrogens with one attached hydrogen (secondary N) is 1. The lowest BCUT2D eigenvalue weighted by Gasteiger charge is -2.31. The molecule has 0 bridgehead atoms. The Morgan fingerprint density at radius 3 is 2.91 bits per heavy atom. The zero-order chi connectivity index (χ0) is 16.3. The summed E-state index contributed by atoms with van der Waals surface area (Å²) in [6, 6.07) is -0.271. The topological polar surface area (TPSA) is 84.3 Å². The Labute approximate surface area is 131 Å². The number of sulfone groups is 1. The van der Waals surface area contributed by atoms with E-state index in [9.17, 15) is 13.2 Å². The van der Waals surface area contributed by atoms with Crippen molar-refractivity contribution in [2.24, 2.45) is 5.92 Å². The van der Waals surface area contributed by atoms with Crippen LogP contribution in [0.1, 0.15) is 20.3 Å². The molecule has 124 valence electrons. The Morgan fingerprint density at radius 2 is 2.23 bits per heavy atom. The van der Waals surface area contributed by atoms with E-state index in [0.29, 0.717) is 18.4 Å². The summed E-state index contributed by atoms with van der Waals surface area (Å²) in [4.78, 5) is 18.3. The van der Waals surface area contributed by atoms with Crippen LogP contribution in [0.2, 0.25) is 0 Å². The molecular weight excluding hydrogens is 304 g/mol. The van der Waals surface area contributed by atoms with E-state index in [1.54, 1.807) is 6.20 Å². The van der Waals surface area contributed by atoms with Gasteiger partial charge < -0.3 is 9.47 Å². The highest BCUT2D eigenvalue weighted by Gasteiger charge is 2.30. The molecule has 1 aromatic rings. The smallest absolute Gasteiger partial charge is 0.228 e. The van der Waals surface area contributed by atoms with Gasteiger partial charge in [0.1, 0.15) is 0 Å². The molecule has 1 aliphatic heterocycles. The fourth-order valence-electron chi connectivity index (χ4n) is 2.55. The van der Waals surface area contributed by atoms with Crippen molar-refractivity contribution in [2.75, 3.05) is 30.4 Å². The second-order valence-corrected chi connectivity index (χ2v) is 8.53. The first-order valence-corrected chi connectivity index (χ1v) is 9.30. The van der Waals surface area contributed by atoms with Crippen molar-refractivity contribution < 1.29 is 13.2 Å². The van der Waals surface area contributed by atoms with Gasteiger partial charge in [0.05, 0.1) is 11.5 Å². The van der Waals surface area contributed by atoms with Crippen LogP contribution < -0.4 is 5.32 Å². The van der Waals surface area contributed by atoms with Crippen molar-refractivity contribution in [3.8, 4) is 0 Å². The van der Waals surface area contributed by atoms with Gasteiger partial charge in [0.25, 0.3) is 0 Å². The van der Waals surface area contributed by atoms with Crippen LogP contribution in [-0.4, -0.2) is 59.9 Å². The maximum atomic E-state index is 12.2. The summed E-state index contributed by atoms with van der Waals surface area (Å²) in [7, 11) is -1.19. The summed E-state index contributed by atoms with van der Waals surface area (Å²) >= 11 is 0. The first-order chi connectivity index (χ1) is 10.3. The zero-order valence-electron chi connectivity index (χ0n) is 13.3. The Balaban J connectivity index is 1.97. The van der Waals surface area contributed by atoms with Crippen molar-refractivity contribution >= 4 is 21.7 Å². The Morgan fingerprint density at radius 1 is 1.50 bits per heavy atom. The first-order valence-electron chi connectivity index (χ1n) is 7.48. The average Bonchev–Trinajstić information content (AvgIpc) is 2.80. The lowest BCUT2D eigenvalue weighted by molar-refractivity contribution is -0.117. The van der Waals surface area contributed by atoms with Gasteiger partial charge in [0.2, 0.25) is 11.9 Å². The van der Waals surface area contributed by atoms with Crippen LogP contribution in [0.4, 0.5) is 5.95 Å². The summed E-state index contributed by atoms with van der Waals surface area (Å²) < 4.78 is 25.3. The number of hydrogen-bond acceptors (Lipinski definition) is 5. The molecule has 0 aliphatic carbocycles. The number of rotatable bonds is 5. The predicted octanol–water partition coefficient (Wildman–Crippen LogP) is 0.597. The summed E-state index contributed by atoms with van der Waals surface area (Å²) in [5.74, 6) is 0.960. The highest BCUT2D eigenvalue weighted by Crippen LogP contribution is 2.14. The normalized spacial score (nSPS) is 21.9. The van der Waals surface area contributed by atoms with Gasteiger partial charge in [-0.15, -0.1) is 0 Å². The lowest BCUT2D eigenvalue weighted by Crippen LogP contribution is -2.47. The standard InChI is InChI=1S/C14H24N4O3S/c1-11(2)9-18-5-4-15-14(18)16-13(19)8-12-10-22(20,21)7-6-17(12)3/h4-5,11-12H,6-10H2,1-3H3,(H,15,16,19). The van der Waals surface area contributed by atoms with Crippen LogP contribution in [0.25, 0.3) is 0 Å². The second-order valence-electron chi connectivity index (χ2n) is 6.30. The monoisotopic (exact) mass is 328 g/mol. The van der Waals surface area contributed by atoms with E-state index in [-0.39, 0.29) is 29.9 Å². The van der Waals surface area contributed by atoms with E-state index >= 15 is 0 Å². The van der Waals surface area contributed by atoms with Crippen LogP contribution >= 0.6 is 0 Å². The molecule has 1 fully saturated rings. The Hall–Kier alpha value is -1.41. The number of hydrogen-bond donors (Lipinski definition) is 1. The molecule has 0 saturated carbocycles. The number of carbonyl (C=O) groups excluding carboxylic acids is 1. The largest absolute Gasteiger partial charge is 0.317 e. The third-order valence-corrected chi connectivity index (χ3v) is 5.47. The third-order valence-electron chi connectivity index (χ3n) is 3.77. The van der Waals surface area contributed by atoms with Crippen LogP contribution in [0.5, 0.6) is 0 Å². The molecule has 1 atom stereocenters. The summed E-state index contributed by atoms with van der Waals surface area (Å²) in [6.07, 6.45) is 3.63. The van der Waals surface area contributed by atoms with Crippen LogP contribution in [0.15, 0.2) is 12.4 Å². The van der Waals surface area contributed by atoms with Gasteiger partial charge in [0.15, 0.2) is 9.84 Å². The molecule has 8 heteroatoms. The molecule has 1 aliphatic rings. The molecule has 1 amide bonds. The van der Waals surface area contributed by atoms with E-state index < -0.39 is 9.84 Å². The molecule has 1 N–H and O–H groups in total. The number of nitrogens with zero attached hydrogens (tertiary/aromatic N) is 3. The minimum absolute atomic E-state index is 0.0390. The Kier molecular flexibility index (Phi) is 5.23. The molecule has 7 nitrogen and oxygen atoms in total. The van der Waals surface area contributed by atoms with E-state index in [1.165, 1.54) is 0 Å². The fraction of sp³-hybridized carbons (Fsp3) is 0.714. The highest BCUT2D eigenvalue weighted by molar-refractivity contribution is 7.91. The molecule has 0 spiro atoms.